The highest BCUT2D eigenvalue weighted by Gasteiger charge is 2.54. The monoisotopic (exact) mass is 412 g/mol. The summed E-state index contributed by atoms with van der Waals surface area (Å²) in [5, 5.41) is 0. The van der Waals surface area contributed by atoms with Crippen molar-refractivity contribution in [1.82, 2.24) is 9.80 Å². The maximum Gasteiger partial charge on any atom is 0.233 e. The molecular formula is C24H29FN2O3. The second-order valence-corrected chi connectivity index (χ2v) is 8.18. The Morgan fingerprint density at radius 3 is 2.43 bits per heavy atom. The van der Waals surface area contributed by atoms with Gasteiger partial charge in [-0.15, -0.1) is 0 Å². The SMILES string of the molecule is COc1ccc([C@H](CN(C)C(=O)C2(c3ccccc3F)CC2)N2CCOCC2)cc1. The van der Waals surface area contributed by atoms with Gasteiger partial charge in [0.05, 0.1) is 31.8 Å². The first-order valence-corrected chi connectivity index (χ1v) is 10.5. The number of morpholine rings is 1. The number of likely N-dealkylation sites (N-methyl/N-ethyl adjacent to an activating group) is 1. The number of carbonyl (C=O) groups is 1. The fourth-order valence-corrected chi connectivity index (χ4v) is 4.43. The molecule has 4 rings (SSSR count). The zero-order valence-electron chi connectivity index (χ0n) is 17.6. The molecule has 5 nitrogen and oxygen atoms in total. The molecule has 1 saturated carbocycles. The number of hydrogen-bond acceptors (Lipinski definition) is 4. The highest BCUT2D eigenvalue weighted by Crippen LogP contribution is 2.50. The lowest BCUT2D eigenvalue weighted by Crippen LogP contribution is -2.46. The van der Waals surface area contributed by atoms with Crippen LogP contribution < -0.4 is 4.74 Å². The standard InChI is InChI=1S/C24H29FN2O3/c1-26(23(28)24(11-12-24)20-5-3-4-6-21(20)25)17-22(27-13-15-30-16-14-27)18-7-9-19(29-2)10-8-18/h3-10,22H,11-17H2,1-2H3/t22-/m0/s1. The summed E-state index contributed by atoms with van der Waals surface area (Å²) in [7, 11) is 3.49. The van der Waals surface area contributed by atoms with Crippen molar-refractivity contribution < 1.29 is 18.7 Å². The summed E-state index contributed by atoms with van der Waals surface area (Å²) >= 11 is 0. The van der Waals surface area contributed by atoms with E-state index in [1.54, 1.807) is 30.2 Å². The molecule has 1 heterocycles. The number of methoxy groups -OCH3 is 1. The van der Waals surface area contributed by atoms with Crippen molar-refractivity contribution in [3.05, 3.63) is 65.5 Å². The van der Waals surface area contributed by atoms with Gasteiger partial charge in [-0.05, 0) is 36.6 Å². The van der Waals surface area contributed by atoms with Gasteiger partial charge in [0.2, 0.25) is 5.91 Å². The summed E-state index contributed by atoms with van der Waals surface area (Å²) in [6.45, 7) is 3.54. The van der Waals surface area contributed by atoms with E-state index in [2.05, 4.69) is 17.0 Å². The lowest BCUT2D eigenvalue weighted by atomic mass is 9.93. The zero-order chi connectivity index (χ0) is 21.1. The molecule has 1 atom stereocenters. The molecule has 0 N–H and O–H groups in total. The largest absolute Gasteiger partial charge is 0.497 e. The average molecular weight is 413 g/mol. The van der Waals surface area contributed by atoms with E-state index in [9.17, 15) is 9.18 Å². The van der Waals surface area contributed by atoms with E-state index in [1.807, 2.05) is 19.2 Å². The van der Waals surface area contributed by atoms with Crippen LogP contribution in [0.2, 0.25) is 0 Å². The molecule has 0 spiro atoms. The van der Waals surface area contributed by atoms with Crippen LogP contribution in [-0.2, 0) is 14.9 Å². The van der Waals surface area contributed by atoms with Crippen LogP contribution in [0.1, 0.15) is 30.0 Å². The number of halogens is 1. The fraction of sp³-hybridized carbons (Fsp3) is 0.458. The Morgan fingerprint density at radius 2 is 1.83 bits per heavy atom. The Hall–Kier alpha value is -2.44. The van der Waals surface area contributed by atoms with Gasteiger partial charge in [-0.25, -0.2) is 4.39 Å². The molecule has 1 saturated heterocycles. The van der Waals surface area contributed by atoms with Crippen LogP contribution >= 0.6 is 0 Å². The van der Waals surface area contributed by atoms with Crippen LogP contribution in [0.25, 0.3) is 0 Å². The number of hydrogen-bond donors (Lipinski definition) is 0. The van der Waals surface area contributed by atoms with Crippen LogP contribution in [0.3, 0.4) is 0 Å². The first-order chi connectivity index (χ1) is 14.5. The zero-order valence-corrected chi connectivity index (χ0v) is 17.6. The van der Waals surface area contributed by atoms with Crippen LogP contribution in [0, 0.1) is 5.82 Å². The van der Waals surface area contributed by atoms with E-state index in [-0.39, 0.29) is 17.8 Å². The van der Waals surface area contributed by atoms with Crippen molar-refractivity contribution in [1.29, 1.82) is 0 Å². The third kappa shape index (κ3) is 4.07. The third-order valence-corrected chi connectivity index (χ3v) is 6.33. The van der Waals surface area contributed by atoms with Gasteiger partial charge in [-0.3, -0.25) is 9.69 Å². The molecular weight excluding hydrogens is 383 g/mol. The Kier molecular flexibility index (Phi) is 6.06. The van der Waals surface area contributed by atoms with Crippen molar-refractivity contribution >= 4 is 5.91 Å². The molecule has 30 heavy (non-hydrogen) atoms. The summed E-state index contributed by atoms with van der Waals surface area (Å²) in [6, 6.07) is 14.7. The number of carbonyl (C=O) groups excluding carboxylic acids is 1. The molecule has 1 aliphatic carbocycles. The predicted octanol–water partition coefficient (Wildman–Crippen LogP) is 3.40. The molecule has 0 aromatic heterocycles. The molecule has 1 aliphatic heterocycles. The lowest BCUT2D eigenvalue weighted by Gasteiger charge is -2.37. The van der Waals surface area contributed by atoms with Crippen LogP contribution in [0.4, 0.5) is 4.39 Å². The topological polar surface area (TPSA) is 42.0 Å². The molecule has 160 valence electrons. The smallest absolute Gasteiger partial charge is 0.233 e. The van der Waals surface area contributed by atoms with E-state index < -0.39 is 5.41 Å². The van der Waals surface area contributed by atoms with Gasteiger partial charge in [-0.1, -0.05) is 30.3 Å². The van der Waals surface area contributed by atoms with Crippen molar-refractivity contribution in [3.63, 3.8) is 0 Å². The van der Waals surface area contributed by atoms with E-state index in [0.717, 1.165) is 24.4 Å². The average Bonchev–Trinajstić information content (AvgIpc) is 3.59. The number of benzene rings is 2. The first-order valence-electron chi connectivity index (χ1n) is 10.5. The van der Waals surface area contributed by atoms with Crippen molar-refractivity contribution in [2.45, 2.75) is 24.3 Å². The second-order valence-electron chi connectivity index (χ2n) is 8.18. The van der Waals surface area contributed by atoms with Gasteiger partial charge >= 0.3 is 0 Å². The second kappa shape index (κ2) is 8.74. The molecule has 1 amide bonds. The minimum atomic E-state index is -0.713. The van der Waals surface area contributed by atoms with Crippen LogP contribution in [-0.4, -0.2) is 62.7 Å². The summed E-state index contributed by atoms with van der Waals surface area (Å²) in [6.07, 6.45) is 1.39. The minimum absolute atomic E-state index is 0.000582. The molecule has 0 radical (unpaired) electrons. The van der Waals surface area contributed by atoms with Crippen molar-refractivity contribution in [3.8, 4) is 5.75 Å². The maximum atomic E-state index is 14.4. The highest BCUT2D eigenvalue weighted by molar-refractivity contribution is 5.91. The Balaban J connectivity index is 1.56. The van der Waals surface area contributed by atoms with Crippen LogP contribution in [0.5, 0.6) is 5.75 Å². The predicted molar refractivity (Wildman–Crippen MR) is 113 cm³/mol. The number of rotatable bonds is 7. The van der Waals surface area contributed by atoms with Crippen molar-refractivity contribution in [2.24, 2.45) is 0 Å². The fourth-order valence-electron chi connectivity index (χ4n) is 4.43. The number of amides is 1. The molecule has 2 fully saturated rings. The van der Waals surface area contributed by atoms with Gasteiger partial charge in [0.1, 0.15) is 11.6 Å². The van der Waals surface area contributed by atoms with Gasteiger partial charge in [-0.2, -0.15) is 0 Å². The van der Waals surface area contributed by atoms with Gasteiger partial charge < -0.3 is 14.4 Å². The van der Waals surface area contributed by atoms with E-state index in [0.29, 0.717) is 38.2 Å². The number of nitrogens with zero attached hydrogens (tertiary/aromatic N) is 2. The Bertz CT molecular complexity index is 876. The molecule has 2 aliphatic rings. The Morgan fingerprint density at radius 1 is 1.17 bits per heavy atom. The summed E-state index contributed by atoms with van der Waals surface area (Å²) in [4.78, 5) is 17.6. The Labute approximate surface area is 177 Å². The van der Waals surface area contributed by atoms with Crippen LogP contribution in [0.15, 0.2) is 48.5 Å². The van der Waals surface area contributed by atoms with E-state index >= 15 is 0 Å². The first kappa shape index (κ1) is 20.8. The highest BCUT2D eigenvalue weighted by atomic mass is 19.1. The molecule has 0 unspecified atom stereocenters. The molecule has 2 aromatic carbocycles. The van der Waals surface area contributed by atoms with E-state index in [1.165, 1.54) is 6.07 Å². The summed E-state index contributed by atoms with van der Waals surface area (Å²) in [5.41, 5.74) is 0.942. The summed E-state index contributed by atoms with van der Waals surface area (Å²) in [5.74, 6) is 0.511. The van der Waals surface area contributed by atoms with Crippen molar-refractivity contribution in [2.75, 3.05) is 47.0 Å². The summed E-state index contributed by atoms with van der Waals surface area (Å²) < 4.78 is 25.3. The van der Waals surface area contributed by atoms with Gasteiger partial charge in [0.25, 0.3) is 0 Å². The number of ether oxygens (including phenoxy) is 2. The van der Waals surface area contributed by atoms with Gasteiger partial charge in [0, 0.05) is 32.2 Å². The van der Waals surface area contributed by atoms with E-state index in [4.69, 9.17) is 9.47 Å². The lowest BCUT2D eigenvalue weighted by molar-refractivity contribution is -0.133. The quantitative estimate of drug-likeness (QED) is 0.699. The third-order valence-electron chi connectivity index (χ3n) is 6.33. The molecule has 0 bridgehead atoms. The maximum absolute atomic E-state index is 14.4. The molecule has 6 heteroatoms. The normalized spacial score (nSPS) is 19.2. The molecule has 2 aromatic rings. The minimum Gasteiger partial charge on any atom is -0.497 e. The van der Waals surface area contributed by atoms with Gasteiger partial charge in [0.15, 0.2) is 0 Å².